The summed E-state index contributed by atoms with van der Waals surface area (Å²) in [5.41, 5.74) is 0.507. The lowest BCUT2D eigenvalue weighted by atomic mass is 9.67. The summed E-state index contributed by atoms with van der Waals surface area (Å²) < 4.78 is 5.43. The molecule has 6 heteroatoms. The Labute approximate surface area is 148 Å². The van der Waals surface area contributed by atoms with E-state index in [2.05, 4.69) is 16.0 Å². The zero-order chi connectivity index (χ0) is 17.7. The lowest BCUT2D eigenvalue weighted by molar-refractivity contribution is -0.128. The van der Waals surface area contributed by atoms with Crippen molar-refractivity contribution >= 4 is 17.5 Å². The predicted octanol–water partition coefficient (Wildman–Crippen LogP) is 1.92. The quantitative estimate of drug-likeness (QED) is 0.736. The van der Waals surface area contributed by atoms with E-state index < -0.39 is 0 Å². The lowest BCUT2D eigenvalue weighted by Gasteiger charge is -2.37. The maximum atomic E-state index is 12.9. The first-order valence-electron chi connectivity index (χ1n) is 9.16. The molecular weight excluding hydrogens is 318 g/mol. The van der Waals surface area contributed by atoms with Crippen LogP contribution in [0.1, 0.15) is 32.6 Å². The molecule has 1 heterocycles. The van der Waals surface area contributed by atoms with Gasteiger partial charge in [-0.3, -0.25) is 9.59 Å². The van der Waals surface area contributed by atoms with Gasteiger partial charge in [0.1, 0.15) is 5.75 Å². The van der Waals surface area contributed by atoms with Crippen molar-refractivity contribution < 1.29 is 14.3 Å². The monoisotopic (exact) mass is 345 g/mol. The molecule has 2 atom stereocenters. The summed E-state index contributed by atoms with van der Waals surface area (Å²) in [6, 6.07) is 7.19. The molecule has 1 aliphatic carbocycles. The second kappa shape index (κ2) is 7.87. The minimum atomic E-state index is -0.258. The fourth-order valence-corrected chi connectivity index (χ4v) is 3.98. The summed E-state index contributed by atoms with van der Waals surface area (Å²) in [5.74, 6) is 1.04. The Balaban J connectivity index is 1.57. The van der Waals surface area contributed by atoms with Gasteiger partial charge in [-0.05, 0) is 56.5 Å². The molecule has 0 aromatic heterocycles. The van der Waals surface area contributed by atoms with Crippen molar-refractivity contribution in [2.75, 3.05) is 31.6 Å². The molecule has 1 aromatic rings. The third-order valence-electron chi connectivity index (χ3n) is 5.35. The number of hydrogen-bond donors (Lipinski definition) is 3. The fourth-order valence-electron chi connectivity index (χ4n) is 3.98. The highest BCUT2D eigenvalue weighted by Gasteiger charge is 2.49. The van der Waals surface area contributed by atoms with Crippen molar-refractivity contribution in [2.45, 2.75) is 32.6 Å². The normalized spacial score (nSPS) is 25.1. The van der Waals surface area contributed by atoms with E-state index in [9.17, 15) is 9.59 Å². The van der Waals surface area contributed by atoms with Crippen LogP contribution in [0.15, 0.2) is 24.3 Å². The lowest BCUT2D eigenvalue weighted by Crippen LogP contribution is -2.44. The zero-order valence-electron chi connectivity index (χ0n) is 14.8. The number of nitrogens with one attached hydrogen (secondary N) is 3. The van der Waals surface area contributed by atoms with Crippen molar-refractivity contribution in [1.82, 2.24) is 10.6 Å². The van der Waals surface area contributed by atoms with E-state index in [4.69, 9.17) is 4.74 Å². The zero-order valence-corrected chi connectivity index (χ0v) is 14.8. The number of fused-ring (bicyclic) bond motifs is 1. The van der Waals surface area contributed by atoms with Gasteiger partial charge in [0, 0.05) is 18.8 Å². The summed E-state index contributed by atoms with van der Waals surface area (Å²) in [6.45, 7) is 4.17. The van der Waals surface area contributed by atoms with Crippen molar-refractivity contribution in [1.29, 1.82) is 0 Å². The molecule has 0 unspecified atom stereocenters. The van der Waals surface area contributed by atoms with Crippen LogP contribution < -0.4 is 20.7 Å². The first kappa shape index (κ1) is 17.7. The Kier molecular flexibility index (Phi) is 5.58. The van der Waals surface area contributed by atoms with Gasteiger partial charge in [-0.25, -0.2) is 0 Å². The molecule has 0 radical (unpaired) electrons. The Morgan fingerprint density at radius 1 is 1.28 bits per heavy atom. The predicted molar refractivity (Wildman–Crippen MR) is 96.5 cm³/mol. The number of benzene rings is 1. The Bertz CT molecular complexity index is 617. The molecule has 1 saturated heterocycles. The maximum absolute atomic E-state index is 12.9. The Morgan fingerprint density at radius 2 is 2.08 bits per heavy atom. The van der Waals surface area contributed by atoms with Gasteiger partial charge in [0.2, 0.25) is 5.91 Å². The van der Waals surface area contributed by atoms with E-state index in [0.717, 1.165) is 38.0 Å². The van der Waals surface area contributed by atoms with Gasteiger partial charge < -0.3 is 20.7 Å². The van der Waals surface area contributed by atoms with Crippen molar-refractivity contribution in [3.05, 3.63) is 24.3 Å². The molecule has 2 fully saturated rings. The van der Waals surface area contributed by atoms with Gasteiger partial charge in [-0.2, -0.15) is 0 Å². The van der Waals surface area contributed by atoms with Crippen LogP contribution in [0.4, 0.5) is 5.69 Å². The van der Waals surface area contributed by atoms with Gasteiger partial charge in [-0.15, -0.1) is 0 Å². The molecule has 0 spiro atoms. The van der Waals surface area contributed by atoms with Crippen LogP contribution >= 0.6 is 0 Å². The van der Waals surface area contributed by atoms with Gasteiger partial charge in [0.25, 0.3) is 5.91 Å². The maximum Gasteiger partial charge on any atom is 0.257 e. The first-order chi connectivity index (χ1) is 12.1. The van der Waals surface area contributed by atoms with Crippen LogP contribution in [0, 0.1) is 11.3 Å². The van der Waals surface area contributed by atoms with Gasteiger partial charge in [0.05, 0.1) is 5.41 Å². The van der Waals surface area contributed by atoms with E-state index in [1.807, 2.05) is 19.1 Å². The van der Waals surface area contributed by atoms with Crippen LogP contribution in [0.5, 0.6) is 5.75 Å². The van der Waals surface area contributed by atoms with Crippen molar-refractivity contribution in [3.8, 4) is 5.75 Å². The Hall–Kier alpha value is -2.08. The van der Waals surface area contributed by atoms with E-state index >= 15 is 0 Å². The first-order valence-corrected chi connectivity index (χ1v) is 9.16. The summed E-state index contributed by atoms with van der Waals surface area (Å²) in [4.78, 5) is 24.3. The number of rotatable bonds is 6. The molecule has 2 amide bonds. The molecule has 2 aliphatic rings. The number of carbonyl (C=O) groups excluding carboxylic acids is 2. The molecular formula is C19H27N3O3. The third-order valence-corrected chi connectivity index (χ3v) is 5.35. The molecule has 0 bridgehead atoms. The highest BCUT2D eigenvalue weighted by Crippen LogP contribution is 2.44. The summed E-state index contributed by atoms with van der Waals surface area (Å²) >= 11 is 0. The number of amides is 2. The Morgan fingerprint density at radius 3 is 2.84 bits per heavy atom. The van der Waals surface area contributed by atoms with E-state index in [-0.39, 0.29) is 23.8 Å². The number of likely N-dealkylation sites (N-methyl/N-ethyl adjacent to an activating group) is 1. The standard InChI is InChI=1S/C19H27N3O3/c1-2-21-17(23)12-25-16-8-6-15(7-9-16)22-18(24)19-10-4-3-5-14(19)11-20-13-19/h6-9,14,20H,2-5,10-13H2,1H3,(H,21,23)(H,22,24)/t14-,19+/m0/s1. The van der Waals surface area contributed by atoms with E-state index in [1.54, 1.807) is 12.1 Å². The highest BCUT2D eigenvalue weighted by molar-refractivity contribution is 5.96. The van der Waals surface area contributed by atoms with Crippen molar-refractivity contribution in [2.24, 2.45) is 11.3 Å². The molecule has 25 heavy (non-hydrogen) atoms. The van der Waals surface area contributed by atoms with Gasteiger partial charge in [0.15, 0.2) is 6.61 Å². The highest BCUT2D eigenvalue weighted by atomic mass is 16.5. The number of hydrogen-bond acceptors (Lipinski definition) is 4. The van der Waals surface area contributed by atoms with E-state index in [1.165, 1.54) is 6.42 Å². The van der Waals surface area contributed by atoms with E-state index in [0.29, 0.717) is 18.2 Å². The van der Waals surface area contributed by atoms with Gasteiger partial charge in [-0.1, -0.05) is 12.8 Å². The van der Waals surface area contributed by atoms with Crippen LogP contribution in [0.2, 0.25) is 0 Å². The van der Waals surface area contributed by atoms with Gasteiger partial charge >= 0.3 is 0 Å². The summed E-state index contributed by atoms with van der Waals surface area (Å²) in [7, 11) is 0. The summed E-state index contributed by atoms with van der Waals surface area (Å²) in [5, 5.41) is 9.16. The third kappa shape index (κ3) is 3.95. The largest absolute Gasteiger partial charge is 0.484 e. The number of ether oxygens (including phenoxy) is 1. The average Bonchev–Trinajstić information content (AvgIpc) is 3.07. The van der Waals surface area contributed by atoms with Crippen LogP contribution in [-0.4, -0.2) is 38.1 Å². The minimum absolute atomic E-state index is 0.00396. The average molecular weight is 345 g/mol. The molecule has 3 rings (SSSR count). The van der Waals surface area contributed by atoms with Crippen LogP contribution in [0.3, 0.4) is 0 Å². The number of carbonyl (C=O) groups is 2. The second-order valence-corrected chi connectivity index (χ2v) is 6.95. The molecule has 1 saturated carbocycles. The van der Waals surface area contributed by atoms with Crippen molar-refractivity contribution in [3.63, 3.8) is 0 Å². The molecule has 6 nitrogen and oxygen atoms in total. The molecule has 136 valence electrons. The SMILES string of the molecule is CCNC(=O)COc1ccc(NC(=O)[C@@]23CCCC[C@H]2CNC3)cc1. The smallest absolute Gasteiger partial charge is 0.257 e. The fraction of sp³-hybridized carbons (Fsp3) is 0.579. The molecule has 1 aliphatic heterocycles. The van der Waals surface area contributed by atoms with Crippen LogP contribution in [0.25, 0.3) is 0 Å². The van der Waals surface area contributed by atoms with Crippen LogP contribution in [-0.2, 0) is 9.59 Å². The topological polar surface area (TPSA) is 79.5 Å². The summed E-state index contributed by atoms with van der Waals surface area (Å²) in [6.07, 6.45) is 4.44. The molecule has 1 aromatic carbocycles. The second-order valence-electron chi connectivity index (χ2n) is 6.95. The molecule has 3 N–H and O–H groups in total. The number of anilines is 1. The minimum Gasteiger partial charge on any atom is -0.484 e.